The SMILES string of the molecule is Cc1nc(C)c(CCC(=O)N2CCN(Cc3c(C)noc3C)CC2)c(=O)[nH]1. The second kappa shape index (κ2) is 8.04. The van der Waals surface area contributed by atoms with Crippen LogP contribution in [-0.2, 0) is 17.8 Å². The molecule has 0 saturated carbocycles. The molecule has 1 fully saturated rings. The van der Waals surface area contributed by atoms with Crippen LogP contribution >= 0.6 is 0 Å². The fourth-order valence-corrected chi connectivity index (χ4v) is 3.54. The van der Waals surface area contributed by atoms with Crippen molar-refractivity contribution in [2.24, 2.45) is 0 Å². The fourth-order valence-electron chi connectivity index (χ4n) is 3.54. The highest BCUT2D eigenvalue weighted by molar-refractivity contribution is 5.76. The number of nitrogens with one attached hydrogen (secondary N) is 1. The van der Waals surface area contributed by atoms with Gasteiger partial charge in [-0.05, 0) is 34.1 Å². The molecule has 1 aliphatic heterocycles. The Morgan fingerprint density at radius 1 is 1.07 bits per heavy atom. The zero-order valence-corrected chi connectivity index (χ0v) is 16.5. The van der Waals surface area contributed by atoms with Crippen molar-refractivity contribution in [3.8, 4) is 0 Å². The molecule has 1 N–H and O–H groups in total. The minimum absolute atomic E-state index is 0.0892. The van der Waals surface area contributed by atoms with E-state index in [1.165, 1.54) is 0 Å². The molecule has 0 spiro atoms. The zero-order chi connectivity index (χ0) is 19.6. The van der Waals surface area contributed by atoms with Gasteiger partial charge in [0.05, 0.1) is 5.69 Å². The Labute approximate surface area is 158 Å². The van der Waals surface area contributed by atoms with Gasteiger partial charge in [0.2, 0.25) is 5.91 Å². The molecule has 0 bridgehead atoms. The number of carbonyl (C=O) groups excluding carboxylic acids is 1. The van der Waals surface area contributed by atoms with E-state index in [2.05, 4.69) is 20.0 Å². The molecule has 3 heterocycles. The van der Waals surface area contributed by atoms with Crippen LogP contribution < -0.4 is 5.56 Å². The van der Waals surface area contributed by atoms with E-state index in [0.29, 0.717) is 43.0 Å². The van der Waals surface area contributed by atoms with Crippen LogP contribution in [0.15, 0.2) is 9.32 Å². The van der Waals surface area contributed by atoms with Crippen LogP contribution in [0.5, 0.6) is 0 Å². The predicted octanol–water partition coefficient (Wildman–Crippen LogP) is 1.27. The summed E-state index contributed by atoms with van der Waals surface area (Å²) in [6.07, 6.45) is 0.755. The summed E-state index contributed by atoms with van der Waals surface area (Å²) in [6, 6.07) is 0. The molecule has 1 saturated heterocycles. The highest BCUT2D eigenvalue weighted by atomic mass is 16.5. The number of hydrogen-bond acceptors (Lipinski definition) is 6. The molecule has 1 amide bonds. The molecular weight excluding hydrogens is 346 g/mol. The summed E-state index contributed by atoms with van der Waals surface area (Å²) < 4.78 is 5.22. The summed E-state index contributed by atoms with van der Waals surface area (Å²) in [5, 5.41) is 4.00. The first-order valence-electron chi connectivity index (χ1n) is 9.33. The molecule has 2 aromatic rings. The molecule has 0 radical (unpaired) electrons. The van der Waals surface area contributed by atoms with E-state index < -0.39 is 0 Å². The van der Waals surface area contributed by atoms with E-state index in [-0.39, 0.29) is 11.5 Å². The maximum atomic E-state index is 12.5. The first kappa shape index (κ1) is 19.3. The minimum atomic E-state index is -0.142. The molecule has 0 aromatic carbocycles. The zero-order valence-electron chi connectivity index (χ0n) is 16.5. The normalized spacial score (nSPS) is 15.3. The van der Waals surface area contributed by atoms with Gasteiger partial charge in [0.15, 0.2) is 0 Å². The average molecular weight is 373 g/mol. The van der Waals surface area contributed by atoms with E-state index in [1.54, 1.807) is 6.92 Å². The Morgan fingerprint density at radius 2 is 1.78 bits per heavy atom. The Bertz CT molecular complexity index is 858. The van der Waals surface area contributed by atoms with Crippen molar-refractivity contribution in [3.63, 3.8) is 0 Å². The monoisotopic (exact) mass is 373 g/mol. The lowest BCUT2D eigenvalue weighted by Crippen LogP contribution is -2.48. The van der Waals surface area contributed by atoms with E-state index >= 15 is 0 Å². The van der Waals surface area contributed by atoms with Crippen LogP contribution in [0.2, 0.25) is 0 Å². The molecule has 3 rings (SSSR count). The molecule has 8 heteroatoms. The maximum absolute atomic E-state index is 12.5. The Kier molecular flexibility index (Phi) is 5.74. The molecule has 8 nitrogen and oxygen atoms in total. The summed E-state index contributed by atoms with van der Waals surface area (Å²) in [5.74, 6) is 1.55. The lowest BCUT2D eigenvalue weighted by atomic mass is 10.1. The first-order chi connectivity index (χ1) is 12.8. The van der Waals surface area contributed by atoms with Gasteiger partial charge < -0.3 is 14.4 Å². The van der Waals surface area contributed by atoms with Crippen molar-refractivity contribution in [2.45, 2.75) is 47.1 Å². The average Bonchev–Trinajstić information content (AvgIpc) is 2.93. The Hall–Kier alpha value is -2.48. The van der Waals surface area contributed by atoms with Crippen LogP contribution in [0, 0.1) is 27.7 Å². The highest BCUT2D eigenvalue weighted by Gasteiger charge is 2.23. The third kappa shape index (κ3) is 4.44. The summed E-state index contributed by atoms with van der Waals surface area (Å²) >= 11 is 0. The molecular formula is C19H27N5O3. The number of amides is 1. The van der Waals surface area contributed by atoms with Gasteiger partial charge in [-0.15, -0.1) is 0 Å². The molecule has 0 aliphatic carbocycles. The standard InChI is InChI=1S/C19H27N5O3/c1-12-16(19(26)21-15(4)20-12)5-6-18(25)24-9-7-23(8-10-24)11-17-13(2)22-27-14(17)3/h5-11H2,1-4H3,(H,20,21,26). The maximum Gasteiger partial charge on any atom is 0.254 e. The Balaban J connectivity index is 1.51. The van der Waals surface area contributed by atoms with Gasteiger partial charge >= 0.3 is 0 Å². The third-order valence-electron chi connectivity index (χ3n) is 5.22. The predicted molar refractivity (Wildman–Crippen MR) is 100 cm³/mol. The quantitative estimate of drug-likeness (QED) is 0.848. The number of aromatic amines is 1. The minimum Gasteiger partial charge on any atom is -0.361 e. The number of piperazine rings is 1. The van der Waals surface area contributed by atoms with Gasteiger partial charge in [0.1, 0.15) is 11.6 Å². The number of aryl methyl sites for hydroxylation is 4. The number of nitrogens with zero attached hydrogens (tertiary/aromatic N) is 4. The van der Waals surface area contributed by atoms with Crippen LogP contribution in [0.25, 0.3) is 0 Å². The molecule has 0 unspecified atom stereocenters. The number of aromatic nitrogens is 3. The largest absolute Gasteiger partial charge is 0.361 e. The topological polar surface area (TPSA) is 95.3 Å². The molecule has 1 aliphatic rings. The van der Waals surface area contributed by atoms with E-state index in [0.717, 1.165) is 36.7 Å². The highest BCUT2D eigenvalue weighted by Crippen LogP contribution is 2.16. The smallest absolute Gasteiger partial charge is 0.254 e. The Morgan fingerprint density at radius 3 is 2.37 bits per heavy atom. The van der Waals surface area contributed by atoms with Crippen molar-refractivity contribution in [2.75, 3.05) is 26.2 Å². The van der Waals surface area contributed by atoms with E-state index in [1.807, 2.05) is 25.7 Å². The van der Waals surface area contributed by atoms with Crippen molar-refractivity contribution >= 4 is 5.91 Å². The van der Waals surface area contributed by atoms with Crippen LogP contribution in [-0.4, -0.2) is 57.0 Å². The summed E-state index contributed by atoms with van der Waals surface area (Å²) in [6.45, 7) is 11.3. The van der Waals surface area contributed by atoms with Gasteiger partial charge in [0.25, 0.3) is 5.56 Å². The van der Waals surface area contributed by atoms with Crippen molar-refractivity contribution in [1.82, 2.24) is 24.9 Å². The molecule has 27 heavy (non-hydrogen) atoms. The van der Waals surface area contributed by atoms with Gasteiger partial charge in [-0.25, -0.2) is 4.98 Å². The number of H-pyrrole nitrogens is 1. The van der Waals surface area contributed by atoms with Gasteiger partial charge in [0, 0.05) is 56.0 Å². The van der Waals surface area contributed by atoms with Crippen LogP contribution in [0.4, 0.5) is 0 Å². The first-order valence-corrected chi connectivity index (χ1v) is 9.33. The fraction of sp³-hybridized carbons (Fsp3) is 0.579. The summed E-state index contributed by atoms with van der Waals surface area (Å²) in [4.78, 5) is 35.8. The van der Waals surface area contributed by atoms with Gasteiger partial charge in [-0.3, -0.25) is 14.5 Å². The van der Waals surface area contributed by atoms with E-state index in [4.69, 9.17) is 4.52 Å². The number of hydrogen-bond donors (Lipinski definition) is 1. The number of carbonyl (C=O) groups is 1. The van der Waals surface area contributed by atoms with Crippen molar-refractivity contribution in [3.05, 3.63) is 44.5 Å². The lowest BCUT2D eigenvalue weighted by molar-refractivity contribution is -0.133. The summed E-state index contributed by atoms with van der Waals surface area (Å²) in [5.41, 5.74) is 3.23. The van der Waals surface area contributed by atoms with Crippen molar-refractivity contribution in [1.29, 1.82) is 0 Å². The van der Waals surface area contributed by atoms with Crippen LogP contribution in [0.1, 0.15) is 40.5 Å². The lowest BCUT2D eigenvalue weighted by Gasteiger charge is -2.34. The van der Waals surface area contributed by atoms with Gasteiger partial charge in [-0.1, -0.05) is 5.16 Å². The molecule has 0 atom stereocenters. The third-order valence-corrected chi connectivity index (χ3v) is 5.22. The second-order valence-corrected chi connectivity index (χ2v) is 7.17. The van der Waals surface area contributed by atoms with Crippen molar-refractivity contribution < 1.29 is 9.32 Å². The second-order valence-electron chi connectivity index (χ2n) is 7.17. The van der Waals surface area contributed by atoms with Crippen LogP contribution in [0.3, 0.4) is 0 Å². The van der Waals surface area contributed by atoms with Gasteiger partial charge in [-0.2, -0.15) is 0 Å². The number of rotatable bonds is 5. The molecule has 2 aromatic heterocycles. The molecule has 146 valence electrons. The van der Waals surface area contributed by atoms with E-state index in [9.17, 15) is 9.59 Å². The summed E-state index contributed by atoms with van der Waals surface area (Å²) in [7, 11) is 0.